The number of rotatable bonds is 5. The average molecular weight is 200 g/mol. The molecule has 0 aliphatic rings. The van der Waals surface area contributed by atoms with Crippen molar-refractivity contribution < 1.29 is 14.6 Å². The normalized spacial score (nSPS) is 16.2. The third kappa shape index (κ3) is 4.42. The number of carbonyl (C=O) groups excluding carboxylic acids is 1. The summed E-state index contributed by atoms with van der Waals surface area (Å²) in [5, 5.41) is 9.43. The molecule has 3 nitrogen and oxygen atoms in total. The van der Waals surface area contributed by atoms with Gasteiger partial charge in [0, 0.05) is 11.5 Å². The van der Waals surface area contributed by atoms with Crippen LogP contribution in [0.5, 0.6) is 0 Å². The maximum absolute atomic E-state index is 11.2. The minimum Gasteiger partial charge on any atom is -0.462 e. The van der Waals surface area contributed by atoms with Gasteiger partial charge in [0.1, 0.15) is 0 Å². The standard InChI is InChI=1S/C11H20O3/c1-5-8(3)11(13)14-7-9(4)10(12)6-2/h5,9-10,12H,6-7H2,1-4H3. The van der Waals surface area contributed by atoms with Gasteiger partial charge in [-0.25, -0.2) is 4.79 Å². The van der Waals surface area contributed by atoms with Crippen LogP contribution in [-0.4, -0.2) is 23.8 Å². The first-order valence-electron chi connectivity index (χ1n) is 5.01. The van der Waals surface area contributed by atoms with Crippen LogP contribution in [0.15, 0.2) is 11.6 Å². The molecule has 0 bridgehead atoms. The molecule has 0 saturated heterocycles. The van der Waals surface area contributed by atoms with Crippen molar-refractivity contribution in [2.75, 3.05) is 6.61 Å². The zero-order chi connectivity index (χ0) is 11.1. The Kier molecular flexibility index (Phi) is 6.21. The molecule has 2 unspecified atom stereocenters. The van der Waals surface area contributed by atoms with Crippen LogP contribution in [0.4, 0.5) is 0 Å². The van der Waals surface area contributed by atoms with Crippen LogP contribution < -0.4 is 0 Å². The smallest absolute Gasteiger partial charge is 0.333 e. The van der Waals surface area contributed by atoms with Gasteiger partial charge in [-0.15, -0.1) is 0 Å². The van der Waals surface area contributed by atoms with E-state index in [1.54, 1.807) is 19.9 Å². The second kappa shape index (κ2) is 6.60. The Balaban J connectivity index is 3.89. The number of carbonyl (C=O) groups is 1. The summed E-state index contributed by atoms with van der Waals surface area (Å²) in [5.41, 5.74) is 0.600. The van der Waals surface area contributed by atoms with Gasteiger partial charge >= 0.3 is 5.97 Å². The van der Waals surface area contributed by atoms with Gasteiger partial charge in [0.15, 0.2) is 0 Å². The molecule has 0 aromatic rings. The predicted octanol–water partition coefficient (Wildman–Crippen LogP) is 1.90. The summed E-state index contributed by atoms with van der Waals surface area (Å²) in [6, 6.07) is 0. The fourth-order valence-electron chi connectivity index (χ4n) is 0.952. The lowest BCUT2D eigenvalue weighted by Crippen LogP contribution is -2.23. The van der Waals surface area contributed by atoms with E-state index in [4.69, 9.17) is 4.74 Å². The van der Waals surface area contributed by atoms with Crippen LogP contribution in [0.2, 0.25) is 0 Å². The summed E-state index contributed by atoms with van der Waals surface area (Å²) < 4.78 is 5.01. The minimum absolute atomic E-state index is 0.00592. The molecule has 0 spiro atoms. The van der Waals surface area contributed by atoms with Crippen molar-refractivity contribution in [2.45, 2.75) is 40.2 Å². The van der Waals surface area contributed by atoms with Crippen molar-refractivity contribution in [3.63, 3.8) is 0 Å². The Morgan fingerprint density at radius 3 is 2.57 bits per heavy atom. The number of aliphatic hydroxyl groups is 1. The number of ether oxygens (including phenoxy) is 1. The minimum atomic E-state index is -0.395. The fourth-order valence-corrected chi connectivity index (χ4v) is 0.952. The molecule has 0 aliphatic heterocycles. The van der Waals surface area contributed by atoms with Crippen molar-refractivity contribution in [3.05, 3.63) is 11.6 Å². The van der Waals surface area contributed by atoms with E-state index in [0.29, 0.717) is 12.0 Å². The van der Waals surface area contributed by atoms with Crippen LogP contribution in [0, 0.1) is 5.92 Å². The second-order valence-corrected chi connectivity index (χ2v) is 3.52. The molecule has 0 fully saturated rings. The van der Waals surface area contributed by atoms with Crippen molar-refractivity contribution in [1.29, 1.82) is 0 Å². The molecule has 2 atom stereocenters. The Bertz CT molecular complexity index is 209. The van der Waals surface area contributed by atoms with Gasteiger partial charge in [-0.3, -0.25) is 0 Å². The first kappa shape index (κ1) is 13.2. The zero-order valence-electron chi connectivity index (χ0n) is 9.41. The van der Waals surface area contributed by atoms with Crippen LogP contribution in [0.25, 0.3) is 0 Å². The van der Waals surface area contributed by atoms with E-state index in [1.807, 2.05) is 13.8 Å². The maximum atomic E-state index is 11.2. The quantitative estimate of drug-likeness (QED) is 0.544. The lowest BCUT2D eigenvalue weighted by atomic mass is 10.0. The number of aliphatic hydroxyl groups excluding tert-OH is 1. The zero-order valence-corrected chi connectivity index (χ0v) is 9.41. The van der Waals surface area contributed by atoms with Gasteiger partial charge in [-0.2, -0.15) is 0 Å². The molecule has 0 amide bonds. The Hall–Kier alpha value is -0.830. The molecule has 0 rings (SSSR count). The van der Waals surface area contributed by atoms with E-state index >= 15 is 0 Å². The number of allylic oxidation sites excluding steroid dienone is 1. The summed E-state index contributed by atoms with van der Waals surface area (Å²) in [7, 11) is 0. The highest BCUT2D eigenvalue weighted by molar-refractivity contribution is 5.87. The van der Waals surface area contributed by atoms with Crippen LogP contribution in [0.3, 0.4) is 0 Å². The molecule has 0 saturated carbocycles. The molecule has 0 radical (unpaired) electrons. The van der Waals surface area contributed by atoms with Crippen molar-refractivity contribution in [2.24, 2.45) is 5.92 Å². The maximum Gasteiger partial charge on any atom is 0.333 e. The van der Waals surface area contributed by atoms with E-state index < -0.39 is 6.10 Å². The Morgan fingerprint density at radius 1 is 1.57 bits per heavy atom. The number of hydrogen-bond acceptors (Lipinski definition) is 3. The third-order valence-corrected chi connectivity index (χ3v) is 2.31. The highest BCUT2D eigenvalue weighted by Crippen LogP contribution is 2.08. The average Bonchev–Trinajstić information content (AvgIpc) is 2.22. The number of hydrogen-bond donors (Lipinski definition) is 1. The molecule has 0 aromatic heterocycles. The molecular weight excluding hydrogens is 180 g/mol. The highest BCUT2D eigenvalue weighted by atomic mass is 16.5. The largest absolute Gasteiger partial charge is 0.462 e. The molecular formula is C11H20O3. The molecule has 0 aromatic carbocycles. The summed E-state index contributed by atoms with van der Waals surface area (Å²) in [6.45, 7) is 7.55. The van der Waals surface area contributed by atoms with Crippen molar-refractivity contribution in [3.8, 4) is 0 Å². The van der Waals surface area contributed by atoms with Gasteiger partial charge in [-0.05, 0) is 20.3 Å². The highest BCUT2D eigenvalue weighted by Gasteiger charge is 2.14. The lowest BCUT2D eigenvalue weighted by molar-refractivity contribution is -0.141. The van der Waals surface area contributed by atoms with Crippen LogP contribution in [0.1, 0.15) is 34.1 Å². The van der Waals surface area contributed by atoms with E-state index in [0.717, 1.165) is 0 Å². The summed E-state index contributed by atoms with van der Waals surface area (Å²) in [4.78, 5) is 11.2. The molecule has 1 N–H and O–H groups in total. The Labute approximate surface area is 85.8 Å². The first-order valence-corrected chi connectivity index (χ1v) is 5.01. The van der Waals surface area contributed by atoms with Gasteiger partial charge in [-0.1, -0.05) is 19.9 Å². The van der Waals surface area contributed by atoms with Crippen molar-refractivity contribution >= 4 is 5.97 Å². The van der Waals surface area contributed by atoms with E-state index in [9.17, 15) is 9.90 Å². The summed E-state index contributed by atoms with van der Waals surface area (Å²) in [5.74, 6) is -0.309. The molecule has 14 heavy (non-hydrogen) atoms. The van der Waals surface area contributed by atoms with Gasteiger partial charge < -0.3 is 9.84 Å². The van der Waals surface area contributed by atoms with Crippen molar-refractivity contribution in [1.82, 2.24) is 0 Å². The third-order valence-electron chi connectivity index (χ3n) is 2.31. The molecule has 0 heterocycles. The second-order valence-electron chi connectivity index (χ2n) is 3.52. The van der Waals surface area contributed by atoms with Crippen LogP contribution >= 0.6 is 0 Å². The fraction of sp³-hybridized carbons (Fsp3) is 0.727. The predicted molar refractivity (Wildman–Crippen MR) is 55.9 cm³/mol. The summed E-state index contributed by atoms with van der Waals surface area (Å²) in [6.07, 6.45) is 2.00. The van der Waals surface area contributed by atoms with E-state index in [1.165, 1.54) is 0 Å². The molecule has 0 aliphatic carbocycles. The van der Waals surface area contributed by atoms with E-state index in [2.05, 4.69) is 0 Å². The van der Waals surface area contributed by atoms with E-state index in [-0.39, 0.29) is 18.5 Å². The SMILES string of the molecule is CC=C(C)C(=O)OCC(C)C(O)CC. The molecule has 82 valence electrons. The first-order chi connectivity index (χ1) is 6.52. The van der Waals surface area contributed by atoms with Gasteiger partial charge in [0.2, 0.25) is 0 Å². The van der Waals surface area contributed by atoms with Gasteiger partial charge in [0.25, 0.3) is 0 Å². The monoisotopic (exact) mass is 200 g/mol. The van der Waals surface area contributed by atoms with Gasteiger partial charge in [0.05, 0.1) is 12.7 Å². The summed E-state index contributed by atoms with van der Waals surface area (Å²) >= 11 is 0. The lowest BCUT2D eigenvalue weighted by Gasteiger charge is -2.16. The molecule has 3 heteroatoms. The topological polar surface area (TPSA) is 46.5 Å². The number of esters is 1. The van der Waals surface area contributed by atoms with Crippen LogP contribution in [-0.2, 0) is 9.53 Å². The Morgan fingerprint density at radius 2 is 2.14 bits per heavy atom.